The summed E-state index contributed by atoms with van der Waals surface area (Å²) >= 11 is 0. The molecule has 1 saturated heterocycles. The van der Waals surface area contributed by atoms with Crippen molar-refractivity contribution in [3.63, 3.8) is 0 Å². The minimum absolute atomic E-state index is 0.0112. The molecule has 7 nitrogen and oxygen atoms in total. The van der Waals surface area contributed by atoms with Gasteiger partial charge in [0.2, 0.25) is 11.8 Å². The molecule has 3 aromatic rings. The van der Waals surface area contributed by atoms with Gasteiger partial charge in [0.05, 0.1) is 0 Å². The van der Waals surface area contributed by atoms with E-state index in [1.165, 1.54) is 0 Å². The molecule has 4 rings (SSSR count). The highest BCUT2D eigenvalue weighted by Crippen LogP contribution is 2.32. The molecule has 0 radical (unpaired) electrons. The van der Waals surface area contributed by atoms with E-state index in [0.29, 0.717) is 24.6 Å². The van der Waals surface area contributed by atoms with Gasteiger partial charge in [0.15, 0.2) is 0 Å². The van der Waals surface area contributed by atoms with Gasteiger partial charge < -0.3 is 20.1 Å². The van der Waals surface area contributed by atoms with Gasteiger partial charge in [0.25, 0.3) is 5.91 Å². The van der Waals surface area contributed by atoms with E-state index in [2.05, 4.69) is 4.98 Å². The van der Waals surface area contributed by atoms with Crippen LogP contribution in [0.4, 0.5) is 0 Å². The van der Waals surface area contributed by atoms with Crippen molar-refractivity contribution in [2.75, 3.05) is 13.1 Å². The van der Waals surface area contributed by atoms with Gasteiger partial charge in [-0.05, 0) is 79.9 Å². The first kappa shape index (κ1) is 23.0. The number of aromatic nitrogens is 1. The van der Waals surface area contributed by atoms with E-state index in [1.54, 1.807) is 53.6 Å². The fraction of sp³-hybridized carbons (Fsp3) is 0.222. The lowest BCUT2D eigenvalue weighted by molar-refractivity contribution is -0.125. The molecule has 1 aromatic heterocycles. The van der Waals surface area contributed by atoms with E-state index in [1.807, 2.05) is 38.1 Å². The van der Waals surface area contributed by atoms with Crippen molar-refractivity contribution >= 4 is 11.8 Å². The summed E-state index contributed by atoms with van der Waals surface area (Å²) in [5, 5.41) is 0. The molecule has 34 heavy (non-hydrogen) atoms. The molecule has 0 aliphatic carbocycles. The average Bonchev–Trinajstić information content (AvgIpc) is 3.31. The molecule has 2 aromatic carbocycles. The number of carbonyl (C=O) groups is 2. The highest BCUT2D eigenvalue weighted by Gasteiger charge is 2.27. The van der Waals surface area contributed by atoms with Crippen molar-refractivity contribution in [2.24, 2.45) is 5.73 Å². The summed E-state index contributed by atoms with van der Waals surface area (Å²) in [4.78, 5) is 30.4. The lowest BCUT2D eigenvalue weighted by atomic mass is 9.98. The topological polar surface area (TPSA) is 94.8 Å². The van der Waals surface area contributed by atoms with Crippen LogP contribution in [0.5, 0.6) is 23.1 Å². The van der Waals surface area contributed by atoms with Gasteiger partial charge in [-0.1, -0.05) is 18.2 Å². The molecule has 1 unspecified atom stereocenters. The third kappa shape index (κ3) is 5.43. The Labute approximate surface area is 198 Å². The van der Waals surface area contributed by atoms with Gasteiger partial charge in [-0.2, -0.15) is 0 Å². The summed E-state index contributed by atoms with van der Waals surface area (Å²) in [5.74, 6) is 1.51. The minimum atomic E-state index is -0.622. The number of likely N-dealkylation sites (tertiary alicyclic amines) is 1. The molecular formula is C27H27N3O4. The molecule has 174 valence electrons. The van der Waals surface area contributed by atoms with E-state index in [-0.39, 0.29) is 23.3 Å². The number of allylic oxidation sites excluding steroid dienone is 1. The van der Waals surface area contributed by atoms with Crippen molar-refractivity contribution in [1.82, 2.24) is 9.88 Å². The van der Waals surface area contributed by atoms with Crippen LogP contribution in [0.15, 0.2) is 72.9 Å². The number of nitrogens with zero attached hydrogens (tertiary/aromatic N) is 2. The maximum absolute atomic E-state index is 12.1. The second-order valence-electron chi connectivity index (χ2n) is 8.25. The molecule has 1 aliphatic heterocycles. The fourth-order valence-corrected chi connectivity index (χ4v) is 3.93. The maximum atomic E-state index is 12.1. The monoisotopic (exact) mass is 457 g/mol. The molecule has 1 atom stereocenters. The standard InChI is InChI=1S/C27H27N3O4/c1-3-5-25(31)30-13-12-19(17-30)20-15-24(26(28)32)27(29-16-20)34-22-10-8-21(9-11-22)33-23-7-4-6-18(2)14-23/h3-11,14-16,19H,12-13,17H2,1-2H3,(H2,28,32). The van der Waals surface area contributed by atoms with Crippen molar-refractivity contribution in [3.8, 4) is 23.1 Å². The smallest absolute Gasteiger partial charge is 0.254 e. The molecule has 2 amide bonds. The molecule has 0 bridgehead atoms. The predicted octanol–water partition coefficient (Wildman–Crippen LogP) is 4.97. The molecule has 2 N–H and O–H groups in total. The van der Waals surface area contributed by atoms with Crippen LogP contribution in [0.1, 0.15) is 40.7 Å². The largest absolute Gasteiger partial charge is 0.457 e. The van der Waals surface area contributed by atoms with Crippen molar-refractivity contribution in [2.45, 2.75) is 26.2 Å². The molecular weight excluding hydrogens is 430 g/mol. The van der Waals surface area contributed by atoms with E-state index in [0.717, 1.165) is 23.3 Å². The lowest BCUT2D eigenvalue weighted by Gasteiger charge is -2.16. The third-order valence-electron chi connectivity index (χ3n) is 5.68. The van der Waals surface area contributed by atoms with Gasteiger partial charge in [-0.25, -0.2) is 4.98 Å². The zero-order valence-electron chi connectivity index (χ0n) is 19.2. The summed E-state index contributed by atoms with van der Waals surface area (Å²) in [6.07, 6.45) is 5.77. The predicted molar refractivity (Wildman–Crippen MR) is 129 cm³/mol. The first-order chi connectivity index (χ1) is 16.4. The third-order valence-corrected chi connectivity index (χ3v) is 5.68. The van der Waals surface area contributed by atoms with Gasteiger partial charge in [0, 0.05) is 25.2 Å². The van der Waals surface area contributed by atoms with Gasteiger partial charge >= 0.3 is 0 Å². The van der Waals surface area contributed by atoms with E-state index in [4.69, 9.17) is 15.2 Å². The average molecular weight is 458 g/mol. The van der Waals surface area contributed by atoms with Gasteiger partial charge in [-0.3, -0.25) is 9.59 Å². The number of ether oxygens (including phenoxy) is 2. The van der Waals surface area contributed by atoms with Crippen LogP contribution in [0, 0.1) is 6.92 Å². The Balaban J connectivity index is 1.47. The van der Waals surface area contributed by atoms with Crippen LogP contribution in [0.25, 0.3) is 0 Å². The van der Waals surface area contributed by atoms with Crippen LogP contribution >= 0.6 is 0 Å². The Morgan fingerprint density at radius 1 is 1.06 bits per heavy atom. The number of primary amides is 1. The first-order valence-corrected chi connectivity index (χ1v) is 11.2. The molecule has 0 saturated carbocycles. The molecule has 7 heteroatoms. The number of hydrogen-bond acceptors (Lipinski definition) is 5. The zero-order chi connectivity index (χ0) is 24.1. The summed E-state index contributed by atoms with van der Waals surface area (Å²) in [6, 6.07) is 16.6. The maximum Gasteiger partial charge on any atom is 0.254 e. The Morgan fingerprint density at radius 2 is 1.79 bits per heavy atom. The fourth-order valence-electron chi connectivity index (χ4n) is 3.93. The van der Waals surface area contributed by atoms with E-state index < -0.39 is 5.91 Å². The highest BCUT2D eigenvalue weighted by atomic mass is 16.5. The number of hydrogen-bond donors (Lipinski definition) is 1. The number of nitrogens with two attached hydrogens (primary N) is 1. The van der Waals surface area contributed by atoms with Crippen LogP contribution in [-0.2, 0) is 4.79 Å². The Kier molecular flexibility index (Phi) is 6.92. The number of amides is 2. The van der Waals surface area contributed by atoms with E-state index in [9.17, 15) is 9.59 Å². The SMILES string of the molecule is CC=CC(=O)N1CCC(c2cnc(Oc3ccc(Oc4cccc(C)c4)cc3)c(C(N)=O)c2)C1. The van der Waals surface area contributed by atoms with Gasteiger partial charge in [-0.15, -0.1) is 0 Å². The number of benzene rings is 2. The Bertz CT molecular complexity index is 1220. The van der Waals surface area contributed by atoms with Crippen LogP contribution < -0.4 is 15.2 Å². The number of pyridine rings is 1. The van der Waals surface area contributed by atoms with E-state index >= 15 is 0 Å². The Morgan fingerprint density at radius 3 is 2.47 bits per heavy atom. The normalized spacial score (nSPS) is 15.5. The quantitative estimate of drug-likeness (QED) is 0.506. The summed E-state index contributed by atoms with van der Waals surface area (Å²) in [7, 11) is 0. The van der Waals surface area contributed by atoms with Crippen LogP contribution in [0.3, 0.4) is 0 Å². The second-order valence-corrected chi connectivity index (χ2v) is 8.25. The molecule has 1 fully saturated rings. The number of aryl methyl sites for hydroxylation is 1. The zero-order valence-corrected chi connectivity index (χ0v) is 19.2. The molecule has 0 spiro atoms. The van der Waals surface area contributed by atoms with Crippen molar-refractivity contribution in [3.05, 3.63) is 89.6 Å². The number of rotatable bonds is 7. The minimum Gasteiger partial charge on any atom is -0.457 e. The van der Waals surface area contributed by atoms with Gasteiger partial charge in [0.1, 0.15) is 22.8 Å². The first-order valence-electron chi connectivity index (χ1n) is 11.2. The molecule has 2 heterocycles. The second kappa shape index (κ2) is 10.2. The lowest BCUT2D eigenvalue weighted by Crippen LogP contribution is -2.26. The van der Waals surface area contributed by atoms with Crippen molar-refractivity contribution in [1.29, 1.82) is 0 Å². The van der Waals surface area contributed by atoms with Crippen LogP contribution in [0.2, 0.25) is 0 Å². The number of carbonyl (C=O) groups excluding carboxylic acids is 2. The summed E-state index contributed by atoms with van der Waals surface area (Å²) in [6.45, 7) is 5.06. The van der Waals surface area contributed by atoms with Crippen LogP contribution in [-0.4, -0.2) is 34.8 Å². The molecule has 1 aliphatic rings. The highest BCUT2D eigenvalue weighted by molar-refractivity contribution is 5.95. The Hall–Kier alpha value is -4.13. The summed E-state index contributed by atoms with van der Waals surface area (Å²) in [5.41, 5.74) is 7.80. The summed E-state index contributed by atoms with van der Waals surface area (Å²) < 4.78 is 11.7. The van der Waals surface area contributed by atoms with Crippen molar-refractivity contribution < 1.29 is 19.1 Å².